The normalized spacial score (nSPS) is 12.1. The number of amides is 1. The Hall–Kier alpha value is -2.14. The van der Waals surface area contributed by atoms with E-state index in [0.29, 0.717) is 19.5 Å². The molecule has 1 atom stereocenters. The van der Waals surface area contributed by atoms with Gasteiger partial charge in [-0.3, -0.25) is 9.48 Å². The average Bonchev–Trinajstić information content (AvgIpc) is 2.91. The van der Waals surface area contributed by atoms with E-state index in [-0.39, 0.29) is 5.91 Å². The Labute approximate surface area is 125 Å². The Balaban J connectivity index is 1.67. The first-order valence-electron chi connectivity index (χ1n) is 7.21. The van der Waals surface area contributed by atoms with Gasteiger partial charge in [0.15, 0.2) is 0 Å². The van der Waals surface area contributed by atoms with E-state index < -0.39 is 6.04 Å². The number of carbonyl (C=O) groups excluding carboxylic acids is 1. The van der Waals surface area contributed by atoms with Crippen molar-refractivity contribution in [3.05, 3.63) is 53.9 Å². The zero-order valence-corrected chi connectivity index (χ0v) is 12.3. The van der Waals surface area contributed by atoms with Gasteiger partial charge in [-0.15, -0.1) is 0 Å². The average molecular weight is 286 g/mol. The van der Waals surface area contributed by atoms with Gasteiger partial charge >= 0.3 is 0 Å². The lowest BCUT2D eigenvalue weighted by atomic mass is 10.1. The van der Waals surface area contributed by atoms with Gasteiger partial charge in [0.2, 0.25) is 5.91 Å². The van der Waals surface area contributed by atoms with Crippen molar-refractivity contribution in [1.82, 2.24) is 15.1 Å². The number of aromatic nitrogens is 2. The molecule has 1 unspecified atom stereocenters. The van der Waals surface area contributed by atoms with E-state index in [1.807, 2.05) is 48.1 Å². The summed E-state index contributed by atoms with van der Waals surface area (Å²) in [6, 6.07) is 9.59. The second-order valence-corrected chi connectivity index (χ2v) is 5.20. The Morgan fingerprint density at radius 1 is 1.38 bits per heavy atom. The molecule has 0 saturated carbocycles. The summed E-state index contributed by atoms with van der Waals surface area (Å²) in [6.45, 7) is 3.19. The molecule has 0 saturated heterocycles. The van der Waals surface area contributed by atoms with Crippen LogP contribution in [0.15, 0.2) is 42.7 Å². The van der Waals surface area contributed by atoms with E-state index in [1.165, 1.54) is 5.56 Å². The summed E-state index contributed by atoms with van der Waals surface area (Å²) in [5, 5.41) is 7.02. The van der Waals surface area contributed by atoms with Gasteiger partial charge < -0.3 is 11.1 Å². The minimum atomic E-state index is -0.468. The predicted octanol–water partition coefficient (Wildman–Crippen LogP) is 1.27. The lowest BCUT2D eigenvalue weighted by Gasteiger charge is -2.12. The second kappa shape index (κ2) is 7.59. The van der Waals surface area contributed by atoms with Gasteiger partial charge in [-0.05, 0) is 30.9 Å². The number of rotatable bonds is 7. The molecule has 0 aliphatic carbocycles. The molecule has 0 spiro atoms. The maximum Gasteiger partial charge on any atom is 0.236 e. The summed E-state index contributed by atoms with van der Waals surface area (Å²) in [5.74, 6) is -0.102. The number of hydrogen-bond donors (Lipinski definition) is 2. The maximum atomic E-state index is 11.9. The number of carbonyl (C=O) groups is 1. The van der Waals surface area contributed by atoms with Gasteiger partial charge in [-0.25, -0.2) is 0 Å². The summed E-state index contributed by atoms with van der Waals surface area (Å²) in [6.07, 6.45) is 5.21. The first kappa shape index (κ1) is 15.3. The first-order valence-corrected chi connectivity index (χ1v) is 7.21. The van der Waals surface area contributed by atoms with Crippen molar-refractivity contribution in [2.75, 3.05) is 6.54 Å². The predicted molar refractivity (Wildman–Crippen MR) is 82.7 cm³/mol. The van der Waals surface area contributed by atoms with Crippen molar-refractivity contribution < 1.29 is 4.79 Å². The van der Waals surface area contributed by atoms with E-state index >= 15 is 0 Å². The highest BCUT2D eigenvalue weighted by Crippen LogP contribution is 2.04. The number of nitrogens with one attached hydrogen (secondary N) is 1. The number of nitrogens with two attached hydrogens (primary N) is 1. The molecule has 1 aromatic carbocycles. The van der Waals surface area contributed by atoms with Crippen LogP contribution in [0.3, 0.4) is 0 Å². The van der Waals surface area contributed by atoms with E-state index in [4.69, 9.17) is 5.73 Å². The van der Waals surface area contributed by atoms with E-state index in [0.717, 1.165) is 12.0 Å². The summed E-state index contributed by atoms with van der Waals surface area (Å²) in [5.41, 5.74) is 8.23. The van der Waals surface area contributed by atoms with Crippen LogP contribution in [0.1, 0.15) is 17.5 Å². The smallest absolute Gasteiger partial charge is 0.236 e. The van der Waals surface area contributed by atoms with Crippen LogP contribution in [-0.2, 0) is 17.8 Å². The Morgan fingerprint density at radius 2 is 2.14 bits per heavy atom. The highest BCUT2D eigenvalue weighted by molar-refractivity contribution is 5.81. The van der Waals surface area contributed by atoms with Gasteiger partial charge in [0.1, 0.15) is 0 Å². The van der Waals surface area contributed by atoms with Crippen LogP contribution in [0.5, 0.6) is 0 Å². The molecular weight excluding hydrogens is 264 g/mol. The molecule has 0 fully saturated rings. The highest BCUT2D eigenvalue weighted by Gasteiger charge is 2.12. The van der Waals surface area contributed by atoms with Crippen LogP contribution in [-0.4, -0.2) is 28.3 Å². The van der Waals surface area contributed by atoms with Crippen LogP contribution < -0.4 is 11.1 Å². The summed E-state index contributed by atoms with van der Waals surface area (Å²) >= 11 is 0. The molecule has 5 nitrogen and oxygen atoms in total. The number of nitrogens with zero attached hydrogens (tertiary/aromatic N) is 2. The summed E-state index contributed by atoms with van der Waals surface area (Å²) < 4.78 is 1.81. The van der Waals surface area contributed by atoms with Crippen molar-refractivity contribution in [3.8, 4) is 0 Å². The molecule has 5 heteroatoms. The van der Waals surface area contributed by atoms with E-state index in [1.54, 1.807) is 6.20 Å². The van der Waals surface area contributed by atoms with Gasteiger partial charge in [0, 0.05) is 12.7 Å². The number of benzene rings is 1. The fraction of sp³-hybridized carbons (Fsp3) is 0.375. The molecule has 2 rings (SSSR count). The van der Waals surface area contributed by atoms with Crippen molar-refractivity contribution >= 4 is 5.91 Å². The zero-order valence-electron chi connectivity index (χ0n) is 12.3. The van der Waals surface area contributed by atoms with Crippen molar-refractivity contribution in [3.63, 3.8) is 0 Å². The molecule has 112 valence electrons. The third kappa shape index (κ3) is 5.04. The fourth-order valence-electron chi connectivity index (χ4n) is 2.11. The molecule has 1 aromatic heterocycles. The third-order valence-corrected chi connectivity index (χ3v) is 3.33. The standard InChI is InChI=1S/C16H22N4O/c1-13-11-19-20(12-13)10-9-18-16(21)15(17)8-7-14-5-3-2-4-6-14/h2-6,11-12,15H,7-10,17H2,1H3,(H,18,21). The van der Waals surface area contributed by atoms with Crippen LogP contribution >= 0.6 is 0 Å². The zero-order chi connectivity index (χ0) is 15.1. The maximum absolute atomic E-state index is 11.9. The Morgan fingerprint density at radius 3 is 2.81 bits per heavy atom. The minimum Gasteiger partial charge on any atom is -0.353 e. The van der Waals surface area contributed by atoms with Gasteiger partial charge in [-0.2, -0.15) is 5.10 Å². The summed E-state index contributed by atoms with van der Waals surface area (Å²) in [4.78, 5) is 11.9. The van der Waals surface area contributed by atoms with E-state index in [2.05, 4.69) is 10.4 Å². The SMILES string of the molecule is Cc1cnn(CCNC(=O)C(N)CCc2ccccc2)c1. The van der Waals surface area contributed by atoms with E-state index in [9.17, 15) is 4.79 Å². The first-order chi connectivity index (χ1) is 10.1. The van der Waals surface area contributed by atoms with Crippen LogP contribution in [0, 0.1) is 6.92 Å². The van der Waals surface area contributed by atoms with Crippen LogP contribution in [0.4, 0.5) is 0 Å². The molecule has 1 heterocycles. The largest absolute Gasteiger partial charge is 0.353 e. The molecule has 2 aromatic rings. The van der Waals surface area contributed by atoms with Crippen LogP contribution in [0.2, 0.25) is 0 Å². The molecule has 0 aliphatic rings. The lowest BCUT2D eigenvalue weighted by molar-refractivity contribution is -0.122. The molecule has 3 N–H and O–H groups in total. The fourth-order valence-corrected chi connectivity index (χ4v) is 2.11. The molecule has 1 amide bonds. The molecule has 0 aliphatic heterocycles. The Kier molecular flexibility index (Phi) is 5.51. The van der Waals surface area contributed by atoms with Gasteiger partial charge in [0.25, 0.3) is 0 Å². The number of hydrogen-bond acceptors (Lipinski definition) is 3. The van der Waals surface area contributed by atoms with Gasteiger partial charge in [-0.1, -0.05) is 30.3 Å². The topological polar surface area (TPSA) is 72.9 Å². The highest BCUT2D eigenvalue weighted by atomic mass is 16.2. The number of aryl methyl sites for hydroxylation is 2. The molecule has 0 radical (unpaired) electrons. The third-order valence-electron chi connectivity index (χ3n) is 3.33. The van der Waals surface area contributed by atoms with Crippen molar-refractivity contribution in [2.24, 2.45) is 5.73 Å². The molecule has 0 bridgehead atoms. The second-order valence-electron chi connectivity index (χ2n) is 5.20. The minimum absolute atomic E-state index is 0.102. The van der Waals surface area contributed by atoms with Crippen molar-refractivity contribution in [2.45, 2.75) is 32.4 Å². The Bertz CT molecular complexity index is 565. The quantitative estimate of drug-likeness (QED) is 0.805. The van der Waals surface area contributed by atoms with Crippen LogP contribution in [0.25, 0.3) is 0 Å². The molecular formula is C16H22N4O. The van der Waals surface area contributed by atoms with Crippen molar-refractivity contribution in [1.29, 1.82) is 0 Å². The monoisotopic (exact) mass is 286 g/mol. The van der Waals surface area contributed by atoms with Gasteiger partial charge in [0.05, 0.1) is 18.8 Å². The lowest BCUT2D eigenvalue weighted by Crippen LogP contribution is -2.42. The summed E-state index contributed by atoms with van der Waals surface area (Å²) in [7, 11) is 0. The molecule has 21 heavy (non-hydrogen) atoms.